The summed E-state index contributed by atoms with van der Waals surface area (Å²) in [5.74, 6) is 0.666. The highest BCUT2D eigenvalue weighted by atomic mass is 16.1. The number of pyridine rings is 1. The number of hydrogen-bond donors (Lipinski definition) is 1. The molecule has 27 heavy (non-hydrogen) atoms. The van der Waals surface area contributed by atoms with E-state index in [0.29, 0.717) is 18.7 Å². The Morgan fingerprint density at radius 1 is 1.15 bits per heavy atom. The zero-order valence-corrected chi connectivity index (χ0v) is 16.4. The van der Waals surface area contributed by atoms with Gasteiger partial charge in [0.1, 0.15) is 5.82 Å². The van der Waals surface area contributed by atoms with E-state index in [1.165, 1.54) is 0 Å². The molecular formula is C22H26N4O. The monoisotopic (exact) mass is 362 g/mol. The van der Waals surface area contributed by atoms with Gasteiger partial charge in [0.2, 0.25) is 5.91 Å². The molecule has 1 aromatic carbocycles. The first-order valence-corrected chi connectivity index (χ1v) is 9.20. The third-order valence-corrected chi connectivity index (χ3v) is 4.45. The van der Waals surface area contributed by atoms with Crippen molar-refractivity contribution in [1.29, 1.82) is 0 Å². The fourth-order valence-electron chi connectivity index (χ4n) is 2.83. The average Bonchev–Trinajstić information content (AvgIpc) is 3.05. The van der Waals surface area contributed by atoms with Gasteiger partial charge in [-0.05, 0) is 36.6 Å². The lowest BCUT2D eigenvalue weighted by molar-refractivity contribution is -0.116. The van der Waals surface area contributed by atoms with Crippen LogP contribution in [0.5, 0.6) is 0 Å². The van der Waals surface area contributed by atoms with Crippen LogP contribution in [0.3, 0.4) is 0 Å². The van der Waals surface area contributed by atoms with Crippen LogP contribution in [0.15, 0.2) is 54.9 Å². The molecule has 0 aliphatic rings. The number of benzene rings is 1. The molecule has 2 heterocycles. The van der Waals surface area contributed by atoms with Crippen molar-refractivity contribution in [3.05, 3.63) is 71.7 Å². The van der Waals surface area contributed by atoms with E-state index in [2.05, 4.69) is 31.1 Å². The van der Waals surface area contributed by atoms with Crippen LogP contribution in [0, 0.1) is 6.92 Å². The molecule has 0 atom stereocenters. The molecule has 0 saturated carbocycles. The molecule has 0 unspecified atom stereocenters. The maximum atomic E-state index is 12.5. The highest BCUT2D eigenvalue weighted by Gasteiger charge is 2.22. The fraction of sp³-hybridized carbons (Fsp3) is 0.318. The molecule has 3 rings (SSSR count). The molecular weight excluding hydrogens is 336 g/mol. The van der Waals surface area contributed by atoms with Gasteiger partial charge in [0.25, 0.3) is 0 Å². The van der Waals surface area contributed by atoms with Gasteiger partial charge in [-0.3, -0.25) is 9.78 Å². The summed E-state index contributed by atoms with van der Waals surface area (Å²) in [6, 6.07) is 13.9. The third-order valence-electron chi connectivity index (χ3n) is 4.45. The van der Waals surface area contributed by atoms with Crippen LogP contribution >= 0.6 is 0 Å². The number of aryl methyl sites for hydroxylation is 2. The fourth-order valence-corrected chi connectivity index (χ4v) is 2.83. The van der Waals surface area contributed by atoms with Gasteiger partial charge in [0.05, 0.1) is 11.4 Å². The summed E-state index contributed by atoms with van der Waals surface area (Å²) in [6.45, 7) is 8.39. The van der Waals surface area contributed by atoms with Crippen molar-refractivity contribution in [2.75, 3.05) is 5.32 Å². The van der Waals surface area contributed by atoms with Gasteiger partial charge >= 0.3 is 0 Å². The van der Waals surface area contributed by atoms with Crippen LogP contribution in [-0.2, 0) is 16.6 Å². The Morgan fingerprint density at radius 3 is 2.59 bits per heavy atom. The Bertz CT molecular complexity index is 923. The van der Waals surface area contributed by atoms with Gasteiger partial charge in [-0.2, -0.15) is 5.10 Å². The lowest BCUT2D eigenvalue weighted by atomic mass is 9.92. The van der Waals surface area contributed by atoms with E-state index in [4.69, 9.17) is 5.10 Å². The van der Waals surface area contributed by atoms with Gasteiger partial charge in [-0.15, -0.1) is 0 Å². The number of carbonyl (C=O) groups excluding carboxylic acids is 1. The standard InChI is InChI=1S/C22H26N4O/c1-16-8-5-6-10-18(16)26-20(14-19(25-26)22(2,3)4)24-21(27)12-11-17-9-7-13-23-15-17/h5-10,13-15H,11-12H2,1-4H3,(H,24,27). The number of hydrogen-bond acceptors (Lipinski definition) is 3. The van der Waals surface area contributed by atoms with E-state index in [1.807, 2.05) is 54.1 Å². The first-order valence-electron chi connectivity index (χ1n) is 9.20. The third kappa shape index (κ3) is 4.61. The van der Waals surface area contributed by atoms with Crippen molar-refractivity contribution in [1.82, 2.24) is 14.8 Å². The summed E-state index contributed by atoms with van der Waals surface area (Å²) in [5.41, 5.74) is 3.95. The smallest absolute Gasteiger partial charge is 0.225 e. The molecule has 0 spiro atoms. The highest BCUT2D eigenvalue weighted by Crippen LogP contribution is 2.27. The lowest BCUT2D eigenvalue weighted by Crippen LogP contribution is -2.16. The normalized spacial score (nSPS) is 11.4. The number of nitrogens with one attached hydrogen (secondary N) is 1. The maximum absolute atomic E-state index is 12.5. The minimum atomic E-state index is -0.108. The topological polar surface area (TPSA) is 59.8 Å². The number of rotatable bonds is 5. The molecule has 140 valence electrons. The lowest BCUT2D eigenvalue weighted by Gasteiger charge is -2.14. The van der Waals surface area contributed by atoms with Gasteiger partial charge in [-0.1, -0.05) is 45.0 Å². The van der Waals surface area contributed by atoms with Crippen molar-refractivity contribution in [2.45, 2.75) is 46.0 Å². The van der Waals surface area contributed by atoms with E-state index >= 15 is 0 Å². The van der Waals surface area contributed by atoms with Crippen molar-refractivity contribution in [2.24, 2.45) is 0 Å². The van der Waals surface area contributed by atoms with E-state index < -0.39 is 0 Å². The quantitative estimate of drug-likeness (QED) is 0.730. The largest absolute Gasteiger partial charge is 0.311 e. The van der Waals surface area contributed by atoms with Crippen LogP contribution < -0.4 is 5.32 Å². The van der Waals surface area contributed by atoms with Crippen LogP contribution in [0.4, 0.5) is 5.82 Å². The number of para-hydroxylation sites is 1. The second-order valence-electron chi connectivity index (χ2n) is 7.77. The number of anilines is 1. The molecule has 1 amide bonds. The molecule has 0 aliphatic heterocycles. The summed E-state index contributed by atoms with van der Waals surface area (Å²) in [4.78, 5) is 16.6. The molecule has 0 saturated heterocycles. The zero-order valence-electron chi connectivity index (χ0n) is 16.4. The number of carbonyl (C=O) groups is 1. The predicted octanol–water partition coefficient (Wildman–Crippen LogP) is 4.44. The first kappa shape index (κ1) is 18.8. The first-order chi connectivity index (χ1) is 12.8. The van der Waals surface area contributed by atoms with Gasteiger partial charge in [-0.25, -0.2) is 4.68 Å². The average molecular weight is 362 g/mol. The molecule has 5 nitrogen and oxygen atoms in total. The highest BCUT2D eigenvalue weighted by molar-refractivity contribution is 5.90. The minimum Gasteiger partial charge on any atom is -0.311 e. The summed E-state index contributed by atoms with van der Waals surface area (Å²) < 4.78 is 1.83. The molecule has 5 heteroatoms. The molecule has 0 aliphatic carbocycles. The SMILES string of the molecule is Cc1ccccc1-n1nc(C(C)(C)C)cc1NC(=O)CCc1cccnc1. The Balaban J connectivity index is 1.84. The van der Waals surface area contributed by atoms with Crippen LogP contribution in [-0.4, -0.2) is 20.7 Å². The van der Waals surface area contributed by atoms with Crippen molar-refractivity contribution < 1.29 is 4.79 Å². The Kier molecular flexibility index (Phi) is 5.40. The van der Waals surface area contributed by atoms with Crippen LogP contribution in [0.2, 0.25) is 0 Å². The molecule has 0 radical (unpaired) electrons. The molecule has 1 N–H and O–H groups in total. The van der Waals surface area contributed by atoms with E-state index in [0.717, 1.165) is 22.5 Å². The number of nitrogens with zero attached hydrogens (tertiary/aromatic N) is 3. The Hall–Kier alpha value is -2.95. The molecule has 0 bridgehead atoms. The number of amides is 1. The Labute approximate surface area is 160 Å². The molecule has 2 aromatic heterocycles. The summed E-state index contributed by atoms with van der Waals surface area (Å²) in [5, 5.41) is 7.82. The van der Waals surface area contributed by atoms with E-state index in [1.54, 1.807) is 12.4 Å². The van der Waals surface area contributed by atoms with Crippen LogP contribution in [0.1, 0.15) is 44.0 Å². The predicted molar refractivity (Wildman–Crippen MR) is 108 cm³/mol. The summed E-state index contributed by atoms with van der Waals surface area (Å²) in [6.07, 6.45) is 4.58. The van der Waals surface area contributed by atoms with Gasteiger partial charge < -0.3 is 5.32 Å². The molecule has 3 aromatic rings. The number of aromatic nitrogens is 3. The molecule has 0 fully saturated rings. The van der Waals surface area contributed by atoms with E-state index in [9.17, 15) is 4.79 Å². The van der Waals surface area contributed by atoms with Crippen molar-refractivity contribution in [3.8, 4) is 5.69 Å². The maximum Gasteiger partial charge on any atom is 0.225 e. The summed E-state index contributed by atoms with van der Waals surface area (Å²) in [7, 11) is 0. The van der Waals surface area contributed by atoms with Crippen LogP contribution in [0.25, 0.3) is 5.69 Å². The summed E-state index contributed by atoms with van der Waals surface area (Å²) >= 11 is 0. The second kappa shape index (κ2) is 7.74. The minimum absolute atomic E-state index is 0.0333. The van der Waals surface area contributed by atoms with Gasteiger partial charge in [0.15, 0.2) is 0 Å². The van der Waals surface area contributed by atoms with E-state index in [-0.39, 0.29) is 11.3 Å². The van der Waals surface area contributed by atoms with Crippen molar-refractivity contribution in [3.63, 3.8) is 0 Å². The van der Waals surface area contributed by atoms with Gasteiger partial charge in [0, 0.05) is 30.3 Å². The second-order valence-corrected chi connectivity index (χ2v) is 7.77. The zero-order chi connectivity index (χ0) is 19.4. The Morgan fingerprint density at radius 2 is 1.93 bits per heavy atom. The van der Waals surface area contributed by atoms with Crippen molar-refractivity contribution >= 4 is 11.7 Å².